The van der Waals surface area contributed by atoms with Crippen LogP contribution >= 0.6 is 0 Å². The van der Waals surface area contributed by atoms with Crippen molar-refractivity contribution in [1.29, 1.82) is 5.26 Å². The Balaban J connectivity index is 1.86. The molecule has 0 bridgehead atoms. The lowest BCUT2D eigenvalue weighted by atomic mass is 10.1. The van der Waals surface area contributed by atoms with E-state index in [-0.39, 0.29) is 0 Å². The average Bonchev–Trinajstić information content (AvgIpc) is 3.05. The summed E-state index contributed by atoms with van der Waals surface area (Å²) in [5.41, 5.74) is 3.67. The minimum Gasteiger partial charge on any atom is -0.345 e. The Kier molecular flexibility index (Phi) is 3.28. The SMILES string of the molecule is Cc1cccc(Cc2noc(-c3cc(C#N)cn3C)n2)c1. The first-order valence-corrected chi connectivity index (χ1v) is 6.60. The van der Waals surface area contributed by atoms with Gasteiger partial charge in [0.25, 0.3) is 5.89 Å². The third-order valence-electron chi connectivity index (χ3n) is 3.27. The third kappa shape index (κ3) is 2.70. The van der Waals surface area contributed by atoms with E-state index in [0.717, 1.165) is 11.3 Å². The van der Waals surface area contributed by atoms with Gasteiger partial charge in [0.1, 0.15) is 11.8 Å². The van der Waals surface area contributed by atoms with Gasteiger partial charge in [0.15, 0.2) is 5.82 Å². The molecular weight excluding hydrogens is 264 g/mol. The predicted molar refractivity (Wildman–Crippen MR) is 77.4 cm³/mol. The monoisotopic (exact) mass is 278 g/mol. The molecule has 2 aromatic heterocycles. The van der Waals surface area contributed by atoms with Crippen LogP contribution in [0, 0.1) is 18.3 Å². The Morgan fingerprint density at radius 1 is 1.33 bits per heavy atom. The number of hydrogen-bond donors (Lipinski definition) is 0. The standard InChI is InChI=1S/C16H14N4O/c1-11-4-3-5-12(6-11)8-15-18-16(21-19-15)14-7-13(9-17)10-20(14)2/h3-7,10H,8H2,1-2H3. The molecule has 1 aromatic carbocycles. The highest BCUT2D eigenvalue weighted by molar-refractivity contribution is 5.52. The van der Waals surface area contributed by atoms with Crippen molar-refractivity contribution in [3.8, 4) is 17.7 Å². The van der Waals surface area contributed by atoms with Gasteiger partial charge in [-0.15, -0.1) is 0 Å². The Morgan fingerprint density at radius 3 is 2.90 bits per heavy atom. The van der Waals surface area contributed by atoms with Crippen LogP contribution in [-0.2, 0) is 13.5 Å². The summed E-state index contributed by atoms with van der Waals surface area (Å²) in [6, 6.07) is 12.1. The van der Waals surface area contributed by atoms with E-state index in [1.54, 1.807) is 12.3 Å². The molecule has 104 valence electrons. The number of rotatable bonds is 3. The molecule has 5 heteroatoms. The summed E-state index contributed by atoms with van der Waals surface area (Å²) in [6.07, 6.45) is 2.36. The van der Waals surface area contributed by atoms with Crippen molar-refractivity contribution >= 4 is 0 Å². The zero-order valence-corrected chi connectivity index (χ0v) is 11.9. The lowest BCUT2D eigenvalue weighted by Crippen LogP contribution is -1.92. The van der Waals surface area contributed by atoms with Crippen LogP contribution < -0.4 is 0 Å². The van der Waals surface area contributed by atoms with Gasteiger partial charge in [-0.1, -0.05) is 35.0 Å². The average molecular weight is 278 g/mol. The second-order valence-corrected chi connectivity index (χ2v) is 5.02. The molecule has 0 aliphatic heterocycles. The summed E-state index contributed by atoms with van der Waals surface area (Å²) in [6.45, 7) is 2.05. The minimum absolute atomic E-state index is 0.432. The van der Waals surface area contributed by atoms with Crippen LogP contribution in [0.5, 0.6) is 0 Å². The molecule has 0 radical (unpaired) electrons. The first kappa shape index (κ1) is 13.1. The van der Waals surface area contributed by atoms with Crippen LogP contribution in [0.15, 0.2) is 41.1 Å². The molecule has 0 N–H and O–H groups in total. The zero-order valence-electron chi connectivity index (χ0n) is 11.9. The molecular formula is C16H14N4O. The topological polar surface area (TPSA) is 67.6 Å². The number of benzene rings is 1. The number of hydrogen-bond acceptors (Lipinski definition) is 4. The molecule has 0 unspecified atom stereocenters. The highest BCUT2D eigenvalue weighted by atomic mass is 16.5. The number of aromatic nitrogens is 3. The van der Waals surface area contributed by atoms with Crippen LogP contribution in [0.1, 0.15) is 22.5 Å². The summed E-state index contributed by atoms with van der Waals surface area (Å²) in [5.74, 6) is 1.07. The first-order chi connectivity index (χ1) is 10.2. The maximum absolute atomic E-state index is 8.92. The first-order valence-electron chi connectivity index (χ1n) is 6.60. The summed E-state index contributed by atoms with van der Waals surface area (Å²) in [7, 11) is 1.85. The second kappa shape index (κ2) is 5.25. The molecule has 3 aromatic rings. The largest absolute Gasteiger partial charge is 0.345 e. The van der Waals surface area contributed by atoms with E-state index in [4.69, 9.17) is 9.78 Å². The molecule has 0 saturated carbocycles. The molecule has 21 heavy (non-hydrogen) atoms. The van der Waals surface area contributed by atoms with Gasteiger partial charge in [-0.05, 0) is 18.6 Å². The van der Waals surface area contributed by atoms with Crippen molar-refractivity contribution in [2.75, 3.05) is 0 Å². The normalized spacial score (nSPS) is 10.5. The smallest absolute Gasteiger partial charge is 0.274 e. The van der Waals surface area contributed by atoms with E-state index in [2.05, 4.69) is 35.3 Å². The van der Waals surface area contributed by atoms with Crippen molar-refractivity contribution in [3.05, 3.63) is 59.0 Å². The van der Waals surface area contributed by atoms with Gasteiger partial charge >= 0.3 is 0 Å². The molecule has 3 rings (SSSR count). The van der Waals surface area contributed by atoms with Gasteiger partial charge in [0.2, 0.25) is 0 Å². The van der Waals surface area contributed by atoms with Gasteiger partial charge in [-0.2, -0.15) is 10.2 Å². The third-order valence-corrected chi connectivity index (χ3v) is 3.27. The quantitative estimate of drug-likeness (QED) is 0.738. The van der Waals surface area contributed by atoms with Crippen LogP contribution in [0.4, 0.5) is 0 Å². The highest BCUT2D eigenvalue weighted by Gasteiger charge is 2.13. The van der Waals surface area contributed by atoms with Gasteiger partial charge in [-0.3, -0.25) is 0 Å². The lowest BCUT2D eigenvalue weighted by Gasteiger charge is -1.98. The maximum Gasteiger partial charge on any atom is 0.274 e. The fourth-order valence-corrected chi connectivity index (χ4v) is 2.27. The zero-order chi connectivity index (χ0) is 14.8. The van der Waals surface area contributed by atoms with Crippen LogP contribution in [0.3, 0.4) is 0 Å². The van der Waals surface area contributed by atoms with Crippen LogP contribution in [-0.4, -0.2) is 14.7 Å². The van der Waals surface area contributed by atoms with E-state index in [0.29, 0.717) is 23.7 Å². The van der Waals surface area contributed by atoms with Gasteiger partial charge in [0.05, 0.1) is 5.56 Å². The second-order valence-electron chi connectivity index (χ2n) is 5.02. The van der Waals surface area contributed by atoms with Crippen molar-refractivity contribution in [2.24, 2.45) is 7.05 Å². The molecule has 2 heterocycles. The summed E-state index contributed by atoms with van der Waals surface area (Å²) in [5, 5.41) is 12.9. The van der Waals surface area contributed by atoms with Gasteiger partial charge in [-0.25, -0.2) is 0 Å². The molecule has 0 atom stereocenters. The number of aryl methyl sites for hydroxylation is 2. The van der Waals surface area contributed by atoms with E-state index < -0.39 is 0 Å². The predicted octanol–water partition coefficient (Wildman–Crippen LogP) is 2.85. The molecule has 0 fully saturated rings. The van der Waals surface area contributed by atoms with Crippen molar-refractivity contribution in [1.82, 2.24) is 14.7 Å². The Hall–Kier alpha value is -2.87. The van der Waals surface area contributed by atoms with Gasteiger partial charge < -0.3 is 9.09 Å². The molecule has 0 amide bonds. The van der Waals surface area contributed by atoms with E-state index in [9.17, 15) is 0 Å². The minimum atomic E-state index is 0.432. The van der Waals surface area contributed by atoms with Crippen molar-refractivity contribution in [2.45, 2.75) is 13.3 Å². The van der Waals surface area contributed by atoms with Gasteiger partial charge in [0, 0.05) is 19.7 Å². The fraction of sp³-hybridized carbons (Fsp3) is 0.188. The Morgan fingerprint density at radius 2 is 2.19 bits per heavy atom. The summed E-state index contributed by atoms with van der Waals surface area (Å²) in [4.78, 5) is 4.41. The van der Waals surface area contributed by atoms with Crippen LogP contribution in [0.25, 0.3) is 11.6 Å². The molecule has 0 spiro atoms. The van der Waals surface area contributed by atoms with Crippen molar-refractivity contribution in [3.63, 3.8) is 0 Å². The van der Waals surface area contributed by atoms with E-state index >= 15 is 0 Å². The molecule has 0 aliphatic rings. The Bertz CT molecular complexity index is 823. The molecule has 0 aliphatic carbocycles. The fourth-order valence-electron chi connectivity index (χ4n) is 2.27. The highest BCUT2D eigenvalue weighted by Crippen LogP contribution is 2.20. The number of nitriles is 1. The van der Waals surface area contributed by atoms with Crippen LogP contribution in [0.2, 0.25) is 0 Å². The number of nitrogens with zero attached hydrogens (tertiary/aromatic N) is 4. The summed E-state index contributed by atoms with van der Waals surface area (Å²) < 4.78 is 7.11. The Labute approximate surface area is 122 Å². The molecule has 5 nitrogen and oxygen atoms in total. The summed E-state index contributed by atoms with van der Waals surface area (Å²) >= 11 is 0. The lowest BCUT2D eigenvalue weighted by molar-refractivity contribution is 0.421. The van der Waals surface area contributed by atoms with E-state index in [1.807, 2.05) is 23.7 Å². The van der Waals surface area contributed by atoms with Crippen molar-refractivity contribution < 1.29 is 4.52 Å². The van der Waals surface area contributed by atoms with E-state index in [1.165, 1.54) is 5.56 Å². The maximum atomic E-state index is 8.92. The molecule has 0 saturated heterocycles.